The predicted molar refractivity (Wildman–Crippen MR) is 77.9 cm³/mol. The Hall–Kier alpha value is -1.06. The van der Waals surface area contributed by atoms with Gasteiger partial charge in [-0.3, -0.25) is 4.90 Å². The molecule has 0 saturated carbocycles. The molecule has 0 radical (unpaired) electrons. The molecular formula is C16H24N2O. The van der Waals surface area contributed by atoms with Gasteiger partial charge in [0.25, 0.3) is 0 Å². The third kappa shape index (κ3) is 2.37. The van der Waals surface area contributed by atoms with Crippen LogP contribution in [0.5, 0.6) is 5.75 Å². The number of hydrogen-bond acceptors (Lipinski definition) is 3. The SMILES string of the molecule is COc1ccc(CCN2C[C@@H]3C[C@H]2CN3)c(C)c1C. The van der Waals surface area contributed by atoms with E-state index in [0.717, 1.165) is 24.3 Å². The number of rotatable bonds is 4. The number of piperazine rings is 1. The number of likely N-dealkylation sites (tertiary alicyclic amines) is 1. The number of benzene rings is 1. The minimum absolute atomic E-state index is 0.753. The van der Waals surface area contributed by atoms with E-state index >= 15 is 0 Å². The van der Waals surface area contributed by atoms with Crippen LogP contribution in [-0.2, 0) is 6.42 Å². The number of nitrogens with one attached hydrogen (secondary N) is 1. The first-order valence-electron chi connectivity index (χ1n) is 7.29. The average Bonchev–Trinajstić information content (AvgIpc) is 3.03. The maximum atomic E-state index is 5.38. The number of hydrogen-bond donors (Lipinski definition) is 1. The van der Waals surface area contributed by atoms with E-state index in [9.17, 15) is 0 Å². The third-order valence-corrected chi connectivity index (χ3v) is 4.91. The molecule has 1 aromatic rings. The van der Waals surface area contributed by atoms with Gasteiger partial charge in [-0.2, -0.15) is 0 Å². The largest absolute Gasteiger partial charge is 0.496 e. The minimum atomic E-state index is 0.753. The first kappa shape index (κ1) is 12.9. The van der Waals surface area contributed by atoms with Crippen molar-refractivity contribution in [3.8, 4) is 5.75 Å². The van der Waals surface area contributed by atoms with E-state index in [2.05, 4.69) is 36.2 Å². The van der Waals surface area contributed by atoms with Crippen LogP contribution in [0.3, 0.4) is 0 Å². The molecule has 2 aliphatic heterocycles. The Morgan fingerprint density at radius 1 is 1.32 bits per heavy atom. The van der Waals surface area contributed by atoms with E-state index < -0.39 is 0 Å². The van der Waals surface area contributed by atoms with Gasteiger partial charge in [-0.25, -0.2) is 0 Å². The summed E-state index contributed by atoms with van der Waals surface area (Å²) in [4.78, 5) is 2.65. The highest BCUT2D eigenvalue weighted by Gasteiger charge is 2.36. The smallest absolute Gasteiger partial charge is 0.122 e. The number of methoxy groups -OCH3 is 1. The van der Waals surface area contributed by atoms with Gasteiger partial charge in [0.1, 0.15) is 5.75 Å². The maximum Gasteiger partial charge on any atom is 0.122 e. The minimum Gasteiger partial charge on any atom is -0.496 e. The monoisotopic (exact) mass is 260 g/mol. The van der Waals surface area contributed by atoms with E-state index in [1.807, 2.05) is 0 Å². The van der Waals surface area contributed by atoms with Crippen molar-refractivity contribution in [2.75, 3.05) is 26.7 Å². The van der Waals surface area contributed by atoms with E-state index in [4.69, 9.17) is 4.74 Å². The number of ether oxygens (including phenoxy) is 1. The van der Waals surface area contributed by atoms with Gasteiger partial charge in [0, 0.05) is 31.7 Å². The molecule has 3 nitrogen and oxygen atoms in total. The highest BCUT2D eigenvalue weighted by atomic mass is 16.5. The molecule has 2 saturated heterocycles. The lowest BCUT2D eigenvalue weighted by atomic mass is 9.99. The van der Waals surface area contributed by atoms with Crippen molar-refractivity contribution in [1.29, 1.82) is 0 Å². The molecule has 2 heterocycles. The van der Waals surface area contributed by atoms with Gasteiger partial charge >= 0.3 is 0 Å². The normalized spacial score (nSPS) is 26.1. The van der Waals surface area contributed by atoms with Crippen molar-refractivity contribution in [2.45, 2.75) is 38.8 Å². The summed E-state index contributed by atoms with van der Waals surface area (Å²) in [6, 6.07) is 5.87. The molecular weight excluding hydrogens is 236 g/mol. The predicted octanol–water partition coefficient (Wildman–Crippen LogP) is 1.90. The van der Waals surface area contributed by atoms with Crippen molar-refractivity contribution in [3.05, 3.63) is 28.8 Å². The van der Waals surface area contributed by atoms with Crippen LogP contribution in [0.4, 0.5) is 0 Å². The molecule has 104 valence electrons. The quantitative estimate of drug-likeness (QED) is 0.895. The topological polar surface area (TPSA) is 24.5 Å². The van der Waals surface area contributed by atoms with Gasteiger partial charge in [-0.1, -0.05) is 6.07 Å². The zero-order chi connectivity index (χ0) is 13.4. The van der Waals surface area contributed by atoms with Crippen molar-refractivity contribution in [2.24, 2.45) is 0 Å². The fraction of sp³-hybridized carbons (Fsp3) is 0.625. The molecule has 1 aromatic carbocycles. The fourth-order valence-electron chi connectivity index (χ4n) is 3.53. The van der Waals surface area contributed by atoms with Crippen molar-refractivity contribution in [1.82, 2.24) is 10.2 Å². The van der Waals surface area contributed by atoms with Crippen molar-refractivity contribution in [3.63, 3.8) is 0 Å². The van der Waals surface area contributed by atoms with Crippen LogP contribution in [0, 0.1) is 13.8 Å². The summed E-state index contributed by atoms with van der Waals surface area (Å²) in [5, 5.41) is 3.56. The first-order chi connectivity index (χ1) is 9.19. The van der Waals surface area contributed by atoms with Crippen LogP contribution in [0.2, 0.25) is 0 Å². The number of nitrogens with zero attached hydrogens (tertiary/aromatic N) is 1. The lowest BCUT2D eigenvalue weighted by molar-refractivity contribution is 0.228. The second-order valence-electron chi connectivity index (χ2n) is 5.92. The lowest BCUT2D eigenvalue weighted by Gasteiger charge is -2.27. The maximum absolute atomic E-state index is 5.38. The molecule has 2 bridgehead atoms. The van der Waals surface area contributed by atoms with Gasteiger partial charge in [-0.05, 0) is 49.4 Å². The summed E-state index contributed by atoms with van der Waals surface area (Å²) in [6.45, 7) is 7.98. The van der Waals surface area contributed by atoms with Gasteiger partial charge in [-0.15, -0.1) is 0 Å². The Labute approximate surface area is 115 Å². The zero-order valence-electron chi connectivity index (χ0n) is 12.2. The third-order valence-electron chi connectivity index (χ3n) is 4.91. The summed E-state index contributed by atoms with van der Waals surface area (Å²) in [7, 11) is 1.75. The second kappa shape index (κ2) is 5.14. The van der Waals surface area contributed by atoms with Gasteiger partial charge in [0.15, 0.2) is 0 Å². The Balaban J connectivity index is 1.65. The van der Waals surface area contributed by atoms with Crippen LogP contribution in [0.1, 0.15) is 23.1 Å². The standard InChI is InChI=1S/C16H24N2O/c1-11-12(2)16(19-3)5-4-13(11)6-7-18-10-14-8-15(18)9-17-14/h4-5,14-15,17H,6-10H2,1-3H3/t14-,15-/m0/s1. The van der Waals surface area contributed by atoms with Crippen LogP contribution < -0.4 is 10.1 Å². The molecule has 19 heavy (non-hydrogen) atoms. The van der Waals surface area contributed by atoms with E-state index in [1.165, 1.54) is 42.7 Å². The summed E-state index contributed by atoms with van der Waals surface area (Å²) in [5.74, 6) is 1.01. The van der Waals surface area contributed by atoms with Gasteiger partial charge in [0.2, 0.25) is 0 Å². The highest BCUT2D eigenvalue weighted by molar-refractivity contribution is 5.43. The Bertz CT molecular complexity index is 472. The molecule has 0 aliphatic carbocycles. The Kier molecular flexibility index (Phi) is 3.50. The van der Waals surface area contributed by atoms with E-state index in [-0.39, 0.29) is 0 Å². The van der Waals surface area contributed by atoms with Crippen molar-refractivity contribution < 1.29 is 4.74 Å². The molecule has 0 unspecified atom stereocenters. The Morgan fingerprint density at radius 2 is 2.16 bits per heavy atom. The lowest BCUT2D eigenvalue weighted by Crippen LogP contribution is -2.44. The zero-order valence-corrected chi connectivity index (χ0v) is 12.2. The van der Waals surface area contributed by atoms with Gasteiger partial charge in [0.05, 0.1) is 7.11 Å². The summed E-state index contributed by atoms with van der Waals surface area (Å²) < 4.78 is 5.38. The molecule has 3 heteroatoms. The molecule has 0 amide bonds. The summed E-state index contributed by atoms with van der Waals surface area (Å²) >= 11 is 0. The Morgan fingerprint density at radius 3 is 2.79 bits per heavy atom. The van der Waals surface area contributed by atoms with Gasteiger partial charge < -0.3 is 10.1 Å². The molecule has 0 aromatic heterocycles. The van der Waals surface area contributed by atoms with Crippen LogP contribution in [-0.4, -0.2) is 43.7 Å². The van der Waals surface area contributed by atoms with E-state index in [0.29, 0.717) is 0 Å². The van der Waals surface area contributed by atoms with Crippen molar-refractivity contribution >= 4 is 0 Å². The molecule has 1 N–H and O–H groups in total. The van der Waals surface area contributed by atoms with E-state index in [1.54, 1.807) is 7.11 Å². The summed E-state index contributed by atoms with van der Waals surface area (Å²) in [6.07, 6.45) is 2.50. The second-order valence-corrected chi connectivity index (χ2v) is 5.92. The molecule has 2 atom stereocenters. The van der Waals surface area contributed by atoms with Crippen LogP contribution in [0.25, 0.3) is 0 Å². The first-order valence-corrected chi connectivity index (χ1v) is 7.29. The van der Waals surface area contributed by atoms with Crippen LogP contribution >= 0.6 is 0 Å². The molecule has 2 fully saturated rings. The summed E-state index contributed by atoms with van der Waals surface area (Å²) in [5.41, 5.74) is 4.14. The highest BCUT2D eigenvalue weighted by Crippen LogP contribution is 2.26. The van der Waals surface area contributed by atoms with Crippen LogP contribution in [0.15, 0.2) is 12.1 Å². The fourth-order valence-corrected chi connectivity index (χ4v) is 3.53. The number of fused-ring (bicyclic) bond motifs is 2. The molecule has 0 spiro atoms. The average molecular weight is 260 g/mol. The molecule has 3 rings (SSSR count). The molecule has 2 aliphatic rings.